The van der Waals surface area contributed by atoms with Crippen molar-refractivity contribution in [3.63, 3.8) is 0 Å². The van der Waals surface area contributed by atoms with E-state index in [0.29, 0.717) is 55.6 Å². The zero-order valence-corrected chi connectivity index (χ0v) is 30.3. The number of amides is 1. The van der Waals surface area contributed by atoms with E-state index in [1.165, 1.54) is 4.68 Å². The average molecular weight is 805 g/mol. The van der Waals surface area contributed by atoms with Crippen molar-refractivity contribution in [3.8, 4) is 6.01 Å². The molecule has 1 aromatic carbocycles. The molecule has 3 atom stereocenters. The Morgan fingerprint density at radius 3 is 2.60 bits per heavy atom. The lowest BCUT2D eigenvalue weighted by atomic mass is 9.81. The first-order valence-electron chi connectivity index (χ1n) is 17.9. The minimum Gasteiger partial charge on any atom is -0.461 e. The molecule has 3 aromatic rings. The number of halogens is 9. The molecule has 3 fully saturated rings. The van der Waals surface area contributed by atoms with Gasteiger partial charge in [-0.05, 0) is 44.9 Å². The molecule has 2 N–H and O–H groups in total. The van der Waals surface area contributed by atoms with Crippen LogP contribution in [-0.2, 0) is 37.0 Å². The van der Waals surface area contributed by atoms with E-state index in [1.807, 2.05) is 4.90 Å². The molecule has 20 heteroatoms. The fraction of sp³-hybridized carbons (Fsp3) is 0.600. The number of likely N-dealkylation sites (tertiary alicyclic amines) is 1. The van der Waals surface area contributed by atoms with Gasteiger partial charge in [-0.3, -0.25) is 14.4 Å². The number of nitrogens with zero attached hydrogens (tertiary/aromatic N) is 7. The number of nitrogen functional groups attached to an aromatic ring is 1. The molecule has 0 saturated carbocycles. The van der Waals surface area contributed by atoms with Crippen LogP contribution in [0.2, 0.25) is 5.02 Å². The molecule has 0 bridgehead atoms. The van der Waals surface area contributed by atoms with Crippen molar-refractivity contribution >= 4 is 29.0 Å². The number of aryl methyl sites for hydroxylation is 1. The molecule has 7 heterocycles. The summed E-state index contributed by atoms with van der Waals surface area (Å²) in [7, 11) is 0. The lowest BCUT2D eigenvalue weighted by Gasteiger charge is -2.48. The highest BCUT2D eigenvalue weighted by Crippen LogP contribution is 2.47. The first kappa shape index (κ1) is 37.9. The maximum Gasteiger partial charge on any atom is 0.416 e. The number of nitrogens with two attached hydrogens (primary N) is 1. The summed E-state index contributed by atoms with van der Waals surface area (Å²) >= 11 is 6.74. The monoisotopic (exact) mass is 804 g/mol. The number of rotatable bonds is 6. The second kappa shape index (κ2) is 13.3. The van der Waals surface area contributed by atoms with Crippen LogP contribution < -0.4 is 15.4 Å². The van der Waals surface area contributed by atoms with Crippen molar-refractivity contribution in [2.45, 2.75) is 88.9 Å². The van der Waals surface area contributed by atoms with Crippen LogP contribution in [0.25, 0.3) is 0 Å². The number of fused-ring (bicyclic) bond motifs is 3. The van der Waals surface area contributed by atoms with Gasteiger partial charge in [0.2, 0.25) is 0 Å². The Morgan fingerprint density at radius 1 is 1.11 bits per heavy atom. The van der Waals surface area contributed by atoms with Gasteiger partial charge in [-0.25, -0.2) is 8.78 Å². The predicted octanol–water partition coefficient (Wildman–Crippen LogP) is 6.27. The van der Waals surface area contributed by atoms with E-state index < -0.39 is 77.2 Å². The van der Waals surface area contributed by atoms with E-state index in [0.717, 1.165) is 24.3 Å². The fourth-order valence-corrected chi connectivity index (χ4v) is 8.91. The fourth-order valence-electron chi connectivity index (χ4n) is 8.63. The number of ether oxygens (including phenoxy) is 2. The maximum atomic E-state index is 15.4. The lowest BCUT2D eigenvalue weighted by Crippen LogP contribution is -2.63. The van der Waals surface area contributed by atoms with E-state index in [-0.39, 0.29) is 61.6 Å². The molecule has 2 aromatic heterocycles. The number of alkyl halides is 7. The van der Waals surface area contributed by atoms with E-state index in [2.05, 4.69) is 10.1 Å². The highest BCUT2D eigenvalue weighted by Gasteiger charge is 2.60. The smallest absolute Gasteiger partial charge is 0.416 e. The van der Waals surface area contributed by atoms with Crippen LogP contribution in [0.4, 0.5) is 46.6 Å². The van der Waals surface area contributed by atoms with Gasteiger partial charge in [0.1, 0.15) is 18.6 Å². The predicted molar refractivity (Wildman–Crippen MR) is 181 cm³/mol. The molecule has 0 aliphatic carbocycles. The third kappa shape index (κ3) is 6.52. The van der Waals surface area contributed by atoms with E-state index in [9.17, 15) is 35.5 Å². The highest BCUT2D eigenvalue weighted by molar-refractivity contribution is 6.34. The van der Waals surface area contributed by atoms with Gasteiger partial charge in [0.15, 0.2) is 11.5 Å². The van der Waals surface area contributed by atoms with Gasteiger partial charge in [-0.1, -0.05) is 11.6 Å². The van der Waals surface area contributed by atoms with E-state index in [1.54, 1.807) is 4.90 Å². The molecule has 298 valence electrons. The number of hydrogen-bond donors (Lipinski definition) is 1. The molecule has 0 radical (unpaired) electrons. The summed E-state index contributed by atoms with van der Waals surface area (Å²) in [6, 6.07) is 1.43. The summed E-state index contributed by atoms with van der Waals surface area (Å²) in [5.74, 6) is -1.69. The van der Waals surface area contributed by atoms with Gasteiger partial charge >= 0.3 is 18.4 Å². The second-order valence-corrected chi connectivity index (χ2v) is 15.8. The van der Waals surface area contributed by atoms with Gasteiger partial charge in [0.25, 0.3) is 5.91 Å². The van der Waals surface area contributed by atoms with Crippen molar-refractivity contribution in [2.75, 3.05) is 50.0 Å². The molecule has 5 aliphatic heterocycles. The average Bonchev–Trinajstić information content (AvgIpc) is 3.67. The van der Waals surface area contributed by atoms with Crippen molar-refractivity contribution in [1.29, 1.82) is 0 Å². The van der Waals surface area contributed by atoms with Gasteiger partial charge in [-0.2, -0.15) is 41.4 Å². The molecule has 3 saturated heterocycles. The number of aromatic nitrogens is 4. The first-order chi connectivity index (χ1) is 25.9. The van der Waals surface area contributed by atoms with E-state index in [4.69, 9.17) is 31.8 Å². The van der Waals surface area contributed by atoms with Crippen molar-refractivity contribution < 1.29 is 49.4 Å². The Morgan fingerprint density at radius 2 is 1.87 bits per heavy atom. The van der Waals surface area contributed by atoms with Crippen molar-refractivity contribution in [3.05, 3.63) is 56.7 Å². The molecule has 11 nitrogen and oxygen atoms in total. The minimum absolute atomic E-state index is 0.0228. The summed E-state index contributed by atoms with van der Waals surface area (Å²) in [5, 5.41) is 4.35. The van der Waals surface area contributed by atoms with Gasteiger partial charge < -0.3 is 25.0 Å². The summed E-state index contributed by atoms with van der Waals surface area (Å²) in [5.41, 5.74) is 1.49. The zero-order valence-electron chi connectivity index (χ0n) is 29.5. The summed E-state index contributed by atoms with van der Waals surface area (Å²) in [6.45, 7) is 1.37. The molecule has 1 amide bonds. The van der Waals surface area contributed by atoms with Gasteiger partial charge in [0.05, 0.1) is 57.9 Å². The molecule has 55 heavy (non-hydrogen) atoms. The number of anilines is 2. The van der Waals surface area contributed by atoms with Crippen LogP contribution in [0.3, 0.4) is 0 Å². The topological polar surface area (TPSA) is 115 Å². The summed E-state index contributed by atoms with van der Waals surface area (Å²) < 4.78 is 126. The maximum absolute atomic E-state index is 15.4. The van der Waals surface area contributed by atoms with Crippen LogP contribution in [0, 0.1) is 11.2 Å². The number of benzene rings is 1. The van der Waals surface area contributed by atoms with E-state index >= 15 is 4.39 Å². The Kier molecular flexibility index (Phi) is 9.18. The molecular formula is C35H37ClF8N8O3. The molecule has 0 spiro atoms. The molecule has 5 aliphatic rings. The number of hydrogen-bond acceptors (Lipinski definition) is 9. The number of carbonyl (C=O) groups excluding carboxylic acids is 1. The van der Waals surface area contributed by atoms with Gasteiger partial charge in [0, 0.05) is 56.7 Å². The zero-order chi connectivity index (χ0) is 39.2. The SMILES string of the molecule is CC1(C(F)(F)F)CN(C(=O)c2nn3c(c2Cl)CN(c2nc(OC[C@@]45CCCN4C[C@H](F)C5)nc4c2CO[C@H](c2c(C(F)(F)F)ccc(N)c2F)C4)CCC3)C1. The first-order valence-corrected chi connectivity index (χ1v) is 18.3. The van der Waals surface area contributed by atoms with Crippen LogP contribution >= 0.6 is 11.6 Å². The van der Waals surface area contributed by atoms with Crippen LogP contribution in [0.1, 0.15) is 77.3 Å². The lowest BCUT2D eigenvalue weighted by molar-refractivity contribution is -0.252. The number of carbonyl (C=O) groups is 1. The standard InChI is InChI=1S/C35H37ClF8N8O3/c1-32(35(42,43)44)15-50(16-32)30(53)28-26(36)23-13-49(7-3-9-52(23)48-28)29-19-14-54-24(25-20(34(39,40)41)4-5-21(45)27(25)38)10-22(19)46-31(47-29)55-17-33-6-2-8-51(33)12-18(37)11-33/h4-5,18,24H,2-3,6-17,45H2,1H3/t18-,24+,33+/m1/s1. The van der Waals surface area contributed by atoms with Crippen LogP contribution in [0.15, 0.2) is 12.1 Å². The third-order valence-corrected chi connectivity index (χ3v) is 12.0. The summed E-state index contributed by atoms with van der Waals surface area (Å²) in [6.07, 6.45) is -9.90. The molecule has 0 unspecified atom stereocenters. The highest BCUT2D eigenvalue weighted by atomic mass is 35.5. The largest absolute Gasteiger partial charge is 0.461 e. The van der Waals surface area contributed by atoms with Crippen molar-refractivity contribution in [2.24, 2.45) is 5.41 Å². The molecule has 8 rings (SSSR count). The quantitative estimate of drug-likeness (QED) is 0.228. The Labute approximate surface area is 314 Å². The summed E-state index contributed by atoms with van der Waals surface area (Å²) in [4.78, 5) is 27.5. The van der Waals surface area contributed by atoms with Crippen LogP contribution in [0.5, 0.6) is 6.01 Å². The normalized spacial score (nSPS) is 25.3. The Hall–Kier alpha value is -3.97. The second-order valence-electron chi connectivity index (χ2n) is 15.4. The van der Waals surface area contributed by atoms with Crippen molar-refractivity contribution in [1.82, 2.24) is 29.5 Å². The van der Waals surface area contributed by atoms with Crippen LogP contribution in [-0.4, -0.2) is 92.7 Å². The third-order valence-electron chi connectivity index (χ3n) is 11.6. The Bertz CT molecular complexity index is 2020. The minimum atomic E-state index is -4.91. The molecular weight excluding hydrogens is 768 g/mol. The van der Waals surface area contributed by atoms with Gasteiger partial charge in [-0.15, -0.1) is 0 Å². The Balaban J connectivity index is 1.13.